The van der Waals surface area contributed by atoms with Crippen LogP contribution in [-0.4, -0.2) is 11.2 Å². The first-order valence-corrected chi connectivity index (χ1v) is 8.70. The van der Waals surface area contributed by atoms with E-state index < -0.39 is 0 Å². The van der Waals surface area contributed by atoms with Gasteiger partial charge in [0.2, 0.25) is 0 Å². The van der Waals surface area contributed by atoms with Crippen molar-refractivity contribution in [3.05, 3.63) is 41.5 Å². The van der Waals surface area contributed by atoms with Crippen LogP contribution in [0.15, 0.2) is 35.2 Å². The van der Waals surface area contributed by atoms with E-state index in [4.69, 9.17) is 0 Å². The SMILES string of the molecule is CSc1c2c(cc3[nH]c4ccccc4c13)CCCCC2. The summed E-state index contributed by atoms with van der Waals surface area (Å²) in [6.07, 6.45) is 8.77. The Balaban J connectivity index is 2.13. The van der Waals surface area contributed by atoms with Crippen molar-refractivity contribution < 1.29 is 0 Å². The maximum absolute atomic E-state index is 3.61. The van der Waals surface area contributed by atoms with Gasteiger partial charge in [-0.2, -0.15) is 0 Å². The minimum Gasteiger partial charge on any atom is -0.354 e. The summed E-state index contributed by atoms with van der Waals surface area (Å²) in [5.41, 5.74) is 5.77. The lowest BCUT2D eigenvalue weighted by Gasteiger charge is -2.12. The highest BCUT2D eigenvalue weighted by Crippen LogP contribution is 2.39. The van der Waals surface area contributed by atoms with Crippen LogP contribution in [0.4, 0.5) is 0 Å². The number of hydrogen-bond acceptors (Lipinski definition) is 1. The lowest BCUT2D eigenvalue weighted by Crippen LogP contribution is -1.94. The molecule has 0 spiro atoms. The normalized spacial score (nSPS) is 15.4. The molecule has 0 atom stereocenters. The molecule has 1 aromatic heterocycles. The Morgan fingerprint density at radius 2 is 1.85 bits per heavy atom. The Kier molecular flexibility index (Phi) is 2.99. The smallest absolute Gasteiger partial charge is 0.0479 e. The van der Waals surface area contributed by atoms with Gasteiger partial charge in [-0.3, -0.25) is 0 Å². The van der Waals surface area contributed by atoms with Gasteiger partial charge in [0.25, 0.3) is 0 Å². The van der Waals surface area contributed by atoms with Crippen LogP contribution in [0.5, 0.6) is 0 Å². The summed E-state index contributed by atoms with van der Waals surface area (Å²) in [6, 6.07) is 11.1. The summed E-state index contributed by atoms with van der Waals surface area (Å²) in [6.45, 7) is 0. The van der Waals surface area contributed by atoms with E-state index >= 15 is 0 Å². The molecule has 2 heteroatoms. The van der Waals surface area contributed by atoms with E-state index in [9.17, 15) is 0 Å². The average molecular weight is 281 g/mol. The summed E-state index contributed by atoms with van der Waals surface area (Å²) in [5, 5.41) is 2.81. The number of H-pyrrole nitrogens is 1. The lowest BCUT2D eigenvalue weighted by molar-refractivity contribution is 0.710. The van der Waals surface area contributed by atoms with Gasteiger partial charge < -0.3 is 4.98 Å². The number of aryl methyl sites for hydroxylation is 1. The monoisotopic (exact) mass is 281 g/mol. The quantitative estimate of drug-likeness (QED) is 0.472. The first kappa shape index (κ1) is 12.3. The van der Waals surface area contributed by atoms with E-state index in [1.807, 2.05) is 11.8 Å². The van der Waals surface area contributed by atoms with Crippen molar-refractivity contribution in [2.24, 2.45) is 0 Å². The zero-order valence-electron chi connectivity index (χ0n) is 11.8. The Bertz CT molecular complexity index is 785. The third-order valence-corrected chi connectivity index (χ3v) is 5.38. The summed E-state index contributed by atoms with van der Waals surface area (Å²) in [5.74, 6) is 0. The van der Waals surface area contributed by atoms with Gasteiger partial charge in [0, 0.05) is 26.7 Å². The number of fused-ring (bicyclic) bond motifs is 4. The van der Waals surface area contributed by atoms with Crippen molar-refractivity contribution >= 4 is 33.6 Å². The van der Waals surface area contributed by atoms with Crippen LogP contribution in [0, 0.1) is 0 Å². The van der Waals surface area contributed by atoms with Crippen LogP contribution in [0.3, 0.4) is 0 Å². The number of hydrogen-bond donors (Lipinski definition) is 1. The molecule has 1 N–H and O–H groups in total. The van der Waals surface area contributed by atoms with Crippen LogP contribution in [0.2, 0.25) is 0 Å². The second-order valence-electron chi connectivity index (χ2n) is 5.70. The highest BCUT2D eigenvalue weighted by atomic mass is 32.2. The molecule has 1 nitrogen and oxygen atoms in total. The number of thioether (sulfide) groups is 1. The first-order valence-electron chi connectivity index (χ1n) is 7.47. The molecule has 0 radical (unpaired) electrons. The third-order valence-electron chi connectivity index (χ3n) is 4.52. The van der Waals surface area contributed by atoms with E-state index in [2.05, 4.69) is 41.6 Å². The maximum atomic E-state index is 3.61. The van der Waals surface area contributed by atoms with Gasteiger partial charge in [-0.1, -0.05) is 24.6 Å². The predicted octanol–water partition coefficient (Wildman–Crippen LogP) is 5.31. The number of benzene rings is 2. The molecule has 0 saturated carbocycles. The van der Waals surface area contributed by atoms with Crippen LogP contribution in [-0.2, 0) is 12.8 Å². The summed E-state index contributed by atoms with van der Waals surface area (Å²) >= 11 is 1.92. The zero-order chi connectivity index (χ0) is 13.5. The minimum atomic E-state index is 1.24. The Morgan fingerprint density at radius 1 is 1.00 bits per heavy atom. The molecule has 1 aliphatic rings. The van der Waals surface area contributed by atoms with E-state index in [0.717, 1.165) is 0 Å². The van der Waals surface area contributed by atoms with Crippen LogP contribution >= 0.6 is 11.8 Å². The zero-order valence-corrected chi connectivity index (χ0v) is 12.6. The highest BCUT2D eigenvalue weighted by Gasteiger charge is 2.17. The molecular formula is C18H19NS. The molecular weight excluding hydrogens is 262 g/mol. The fourth-order valence-corrected chi connectivity index (χ4v) is 4.49. The third kappa shape index (κ3) is 1.78. The molecule has 0 unspecified atom stereocenters. The van der Waals surface area contributed by atoms with Gasteiger partial charge in [0.15, 0.2) is 0 Å². The molecule has 0 bridgehead atoms. The van der Waals surface area contributed by atoms with Gasteiger partial charge in [-0.05, 0) is 55.2 Å². The van der Waals surface area contributed by atoms with Crippen LogP contribution in [0.1, 0.15) is 30.4 Å². The van der Waals surface area contributed by atoms with Crippen molar-refractivity contribution in [3.8, 4) is 0 Å². The topological polar surface area (TPSA) is 15.8 Å². The molecule has 0 aliphatic heterocycles. The van der Waals surface area contributed by atoms with Gasteiger partial charge in [0.05, 0.1) is 0 Å². The molecule has 102 valence electrons. The highest BCUT2D eigenvalue weighted by molar-refractivity contribution is 7.98. The van der Waals surface area contributed by atoms with Gasteiger partial charge in [-0.15, -0.1) is 11.8 Å². The molecule has 4 rings (SSSR count). The first-order chi connectivity index (χ1) is 9.88. The van der Waals surface area contributed by atoms with Crippen molar-refractivity contribution in [1.29, 1.82) is 0 Å². The fraction of sp³-hybridized carbons (Fsp3) is 0.333. The second kappa shape index (κ2) is 4.85. The average Bonchev–Trinajstić information content (AvgIpc) is 2.67. The van der Waals surface area contributed by atoms with E-state index in [-0.39, 0.29) is 0 Å². The molecule has 3 aromatic rings. The molecule has 0 fully saturated rings. The van der Waals surface area contributed by atoms with E-state index in [1.54, 1.807) is 11.1 Å². The van der Waals surface area contributed by atoms with Crippen molar-refractivity contribution in [1.82, 2.24) is 4.98 Å². The van der Waals surface area contributed by atoms with Crippen molar-refractivity contribution in [3.63, 3.8) is 0 Å². The lowest BCUT2D eigenvalue weighted by atomic mass is 9.99. The summed E-state index contributed by atoms with van der Waals surface area (Å²) in [4.78, 5) is 5.12. The number of nitrogens with one attached hydrogen (secondary N) is 1. The standard InChI is InChI=1S/C18H19NS/c1-20-18-13-8-4-2-3-7-12(13)11-16-17(18)14-9-5-6-10-15(14)19-16/h5-6,9-11,19H,2-4,7-8H2,1H3. The largest absolute Gasteiger partial charge is 0.354 e. The van der Waals surface area contributed by atoms with Gasteiger partial charge in [0.1, 0.15) is 0 Å². The molecule has 2 aromatic carbocycles. The Morgan fingerprint density at radius 3 is 2.75 bits per heavy atom. The maximum Gasteiger partial charge on any atom is 0.0479 e. The fourth-order valence-electron chi connectivity index (χ4n) is 3.59. The van der Waals surface area contributed by atoms with Crippen LogP contribution < -0.4 is 0 Å². The van der Waals surface area contributed by atoms with Gasteiger partial charge >= 0.3 is 0 Å². The number of para-hydroxylation sites is 1. The number of aromatic amines is 1. The molecule has 1 heterocycles. The van der Waals surface area contributed by atoms with Crippen molar-refractivity contribution in [2.45, 2.75) is 37.0 Å². The Labute approximate surface area is 123 Å². The van der Waals surface area contributed by atoms with E-state index in [1.165, 1.54) is 58.8 Å². The Hall–Kier alpha value is -1.41. The van der Waals surface area contributed by atoms with Crippen molar-refractivity contribution in [2.75, 3.05) is 6.26 Å². The summed E-state index contributed by atoms with van der Waals surface area (Å²) in [7, 11) is 0. The van der Waals surface area contributed by atoms with Gasteiger partial charge in [-0.25, -0.2) is 0 Å². The molecule has 0 saturated heterocycles. The number of aromatic nitrogens is 1. The predicted molar refractivity (Wildman–Crippen MR) is 88.8 cm³/mol. The minimum absolute atomic E-state index is 1.24. The number of rotatable bonds is 1. The van der Waals surface area contributed by atoms with E-state index in [0.29, 0.717) is 0 Å². The molecule has 0 amide bonds. The van der Waals surface area contributed by atoms with Crippen LogP contribution in [0.25, 0.3) is 21.8 Å². The summed E-state index contributed by atoms with van der Waals surface area (Å²) < 4.78 is 0. The second-order valence-corrected chi connectivity index (χ2v) is 6.52. The molecule has 20 heavy (non-hydrogen) atoms. The molecule has 1 aliphatic carbocycles.